The molecule has 0 aliphatic rings. The molecular formula is C14H14FNO3S. The van der Waals surface area contributed by atoms with E-state index in [9.17, 15) is 19.4 Å². The van der Waals surface area contributed by atoms with E-state index in [-0.39, 0.29) is 16.2 Å². The van der Waals surface area contributed by atoms with Crippen molar-refractivity contribution in [1.82, 2.24) is 4.98 Å². The molecule has 0 saturated heterocycles. The van der Waals surface area contributed by atoms with E-state index >= 15 is 0 Å². The average molecular weight is 295 g/mol. The monoisotopic (exact) mass is 295 g/mol. The summed E-state index contributed by atoms with van der Waals surface area (Å²) in [5.41, 5.74) is 0.166. The molecule has 0 spiro atoms. The zero-order chi connectivity index (χ0) is 15.1. The highest BCUT2D eigenvalue weighted by atomic mass is 32.1. The first-order valence-electron chi connectivity index (χ1n) is 5.93. The number of carboxylic acids is 1. The van der Waals surface area contributed by atoms with E-state index in [1.165, 1.54) is 12.1 Å². The van der Waals surface area contributed by atoms with Gasteiger partial charge in [0.1, 0.15) is 21.5 Å². The van der Waals surface area contributed by atoms with Crippen molar-refractivity contribution < 1.29 is 19.4 Å². The number of aromatic hydroxyl groups is 1. The third-order valence-electron chi connectivity index (χ3n) is 2.71. The molecular weight excluding hydrogens is 281 g/mol. The Labute approximate surface area is 119 Å². The van der Waals surface area contributed by atoms with Crippen molar-refractivity contribution in [3.8, 4) is 16.3 Å². The number of carbonyl (C=O) groups is 1. The van der Waals surface area contributed by atoms with Gasteiger partial charge in [-0.15, -0.1) is 11.3 Å². The molecule has 20 heavy (non-hydrogen) atoms. The second-order valence-electron chi connectivity index (χ2n) is 5.42. The Balaban J connectivity index is 2.62. The molecule has 0 aliphatic heterocycles. The highest BCUT2D eigenvalue weighted by Gasteiger charge is 2.27. The van der Waals surface area contributed by atoms with Crippen LogP contribution in [0.25, 0.3) is 10.6 Å². The van der Waals surface area contributed by atoms with E-state index in [0.29, 0.717) is 10.7 Å². The largest absolute Gasteiger partial charge is 0.508 e. The Morgan fingerprint density at radius 1 is 1.35 bits per heavy atom. The summed E-state index contributed by atoms with van der Waals surface area (Å²) in [7, 11) is 0. The summed E-state index contributed by atoms with van der Waals surface area (Å²) in [5.74, 6) is -1.88. The summed E-state index contributed by atoms with van der Waals surface area (Å²) < 4.78 is 13.8. The van der Waals surface area contributed by atoms with Gasteiger partial charge in [0.2, 0.25) is 0 Å². The average Bonchev–Trinajstić information content (AvgIpc) is 2.73. The number of halogens is 1. The smallest absolute Gasteiger partial charge is 0.347 e. The molecule has 2 N–H and O–H groups in total. The van der Waals surface area contributed by atoms with E-state index < -0.39 is 17.2 Å². The highest BCUT2D eigenvalue weighted by molar-refractivity contribution is 7.17. The third kappa shape index (κ3) is 2.65. The first-order chi connectivity index (χ1) is 9.20. The van der Waals surface area contributed by atoms with Crippen LogP contribution < -0.4 is 0 Å². The number of hydrogen-bond donors (Lipinski definition) is 2. The fourth-order valence-corrected chi connectivity index (χ4v) is 2.91. The van der Waals surface area contributed by atoms with Gasteiger partial charge in [-0.3, -0.25) is 0 Å². The summed E-state index contributed by atoms with van der Waals surface area (Å²) in [6.45, 7) is 5.56. The number of phenolic OH excluding ortho intramolecular Hbond substituents is 1. The number of aromatic carboxylic acids is 1. The van der Waals surface area contributed by atoms with Crippen molar-refractivity contribution in [2.45, 2.75) is 26.2 Å². The van der Waals surface area contributed by atoms with Crippen LogP contribution in [0.5, 0.6) is 5.75 Å². The number of benzene rings is 1. The van der Waals surface area contributed by atoms with Crippen LogP contribution in [0.2, 0.25) is 0 Å². The van der Waals surface area contributed by atoms with Gasteiger partial charge in [0.15, 0.2) is 0 Å². The van der Waals surface area contributed by atoms with Gasteiger partial charge < -0.3 is 10.2 Å². The lowest BCUT2D eigenvalue weighted by Gasteiger charge is -2.16. The van der Waals surface area contributed by atoms with Gasteiger partial charge in [0.05, 0.1) is 5.69 Å². The molecule has 0 bridgehead atoms. The maximum atomic E-state index is 13.8. The molecule has 0 atom stereocenters. The lowest BCUT2D eigenvalue weighted by molar-refractivity contribution is 0.0699. The highest BCUT2D eigenvalue weighted by Crippen LogP contribution is 2.36. The van der Waals surface area contributed by atoms with Crippen LogP contribution >= 0.6 is 11.3 Å². The van der Waals surface area contributed by atoms with Crippen molar-refractivity contribution >= 4 is 17.3 Å². The van der Waals surface area contributed by atoms with Gasteiger partial charge in [-0.05, 0) is 12.1 Å². The summed E-state index contributed by atoms with van der Waals surface area (Å²) >= 11 is 0.935. The van der Waals surface area contributed by atoms with Gasteiger partial charge in [-0.2, -0.15) is 0 Å². The Bertz CT molecular complexity index is 674. The van der Waals surface area contributed by atoms with Crippen molar-refractivity contribution in [3.63, 3.8) is 0 Å². The first-order valence-corrected chi connectivity index (χ1v) is 6.75. The van der Waals surface area contributed by atoms with Crippen LogP contribution in [-0.2, 0) is 5.41 Å². The molecule has 0 saturated carbocycles. The molecule has 1 aromatic heterocycles. The fraction of sp³-hybridized carbons (Fsp3) is 0.286. The number of thiazole rings is 1. The van der Waals surface area contributed by atoms with Crippen LogP contribution in [0.3, 0.4) is 0 Å². The lowest BCUT2D eigenvalue weighted by Crippen LogP contribution is -2.16. The predicted octanol–water partition coefficient (Wildman–Crippen LogP) is 3.65. The molecule has 1 aromatic carbocycles. The molecule has 1 heterocycles. The predicted molar refractivity (Wildman–Crippen MR) is 74.8 cm³/mol. The number of aromatic nitrogens is 1. The number of nitrogens with zero attached hydrogens (tertiary/aromatic N) is 1. The van der Waals surface area contributed by atoms with E-state index in [1.807, 2.05) is 20.8 Å². The van der Waals surface area contributed by atoms with Crippen LogP contribution in [0.1, 0.15) is 36.1 Å². The van der Waals surface area contributed by atoms with Crippen LogP contribution in [0.15, 0.2) is 18.2 Å². The summed E-state index contributed by atoms with van der Waals surface area (Å²) in [5, 5.41) is 18.7. The molecule has 0 fully saturated rings. The van der Waals surface area contributed by atoms with Crippen LogP contribution in [-0.4, -0.2) is 21.2 Å². The molecule has 2 aromatic rings. The number of hydrogen-bond acceptors (Lipinski definition) is 4. The molecule has 4 nitrogen and oxygen atoms in total. The molecule has 0 unspecified atom stereocenters. The van der Waals surface area contributed by atoms with Crippen molar-refractivity contribution in [2.24, 2.45) is 0 Å². The van der Waals surface area contributed by atoms with Crippen molar-refractivity contribution in [2.75, 3.05) is 0 Å². The van der Waals surface area contributed by atoms with E-state index in [0.717, 1.165) is 17.4 Å². The van der Waals surface area contributed by atoms with Crippen LogP contribution in [0, 0.1) is 5.82 Å². The molecule has 0 aliphatic carbocycles. The standard InChI is InChI=1S/C14H14FNO3S/c1-14(2,3)11-10(13(18)19)20-12(16-11)8-5-4-7(17)6-9(8)15/h4-6,17H,1-3H3,(H,18,19). The lowest BCUT2D eigenvalue weighted by atomic mass is 9.91. The van der Waals surface area contributed by atoms with E-state index in [2.05, 4.69) is 4.98 Å². The second-order valence-corrected chi connectivity index (χ2v) is 6.42. The van der Waals surface area contributed by atoms with E-state index in [4.69, 9.17) is 0 Å². The van der Waals surface area contributed by atoms with E-state index in [1.54, 1.807) is 0 Å². The Morgan fingerprint density at radius 2 is 2.00 bits per heavy atom. The summed E-state index contributed by atoms with van der Waals surface area (Å²) in [6, 6.07) is 3.71. The fourth-order valence-electron chi connectivity index (χ4n) is 1.77. The van der Waals surface area contributed by atoms with Gasteiger partial charge in [-0.1, -0.05) is 20.8 Å². The number of phenols is 1. The minimum Gasteiger partial charge on any atom is -0.508 e. The Hall–Kier alpha value is -1.95. The van der Waals surface area contributed by atoms with Gasteiger partial charge in [0.25, 0.3) is 0 Å². The Kier molecular flexibility index (Phi) is 3.52. The van der Waals surface area contributed by atoms with Crippen LogP contribution in [0.4, 0.5) is 4.39 Å². The molecule has 0 radical (unpaired) electrons. The van der Waals surface area contributed by atoms with Gasteiger partial charge >= 0.3 is 5.97 Å². The molecule has 2 rings (SSSR count). The Morgan fingerprint density at radius 3 is 2.45 bits per heavy atom. The maximum absolute atomic E-state index is 13.8. The van der Waals surface area contributed by atoms with Crippen molar-refractivity contribution in [3.05, 3.63) is 34.6 Å². The number of carboxylic acid groups (broad SMARTS) is 1. The summed E-state index contributed by atoms with van der Waals surface area (Å²) in [4.78, 5) is 15.7. The molecule has 106 valence electrons. The SMILES string of the molecule is CC(C)(C)c1nc(-c2ccc(O)cc2F)sc1C(=O)O. The van der Waals surface area contributed by atoms with Crippen molar-refractivity contribution in [1.29, 1.82) is 0 Å². The second kappa shape index (κ2) is 4.86. The third-order valence-corrected chi connectivity index (χ3v) is 3.79. The minimum atomic E-state index is -1.07. The normalized spacial score (nSPS) is 11.6. The summed E-state index contributed by atoms with van der Waals surface area (Å²) in [6.07, 6.45) is 0. The first kappa shape index (κ1) is 14.5. The molecule has 6 heteroatoms. The van der Waals surface area contributed by atoms with Gasteiger partial charge in [-0.25, -0.2) is 14.2 Å². The molecule has 0 amide bonds. The van der Waals surface area contributed by atoms with Gasteiger partial charge in [0, 0.05) is 17.0 Å². The minimum absolute atomic E-state index is 0.111. The maximum Gasteiger partial charge on any atom is 0.347 e. The topological polar surface area (TPSA) is 70.4 Å². The zero-order valence-corrected chi connectivity index (χ0v) is 12.1. The quantitative estimate of drug-likeness (QED) is 0.887. The number of rotatable bonds is 2. The zero-order valence-electron chi connectivity index (χ0n) is 11.3.